The average molecular weight is 427 g/mol. The van der Waals surface area contributed by atoms with Crippen LogP contribution in [-0.4, -0.2) is 79.3 Å². The molecule has 2 heterocycles. The first-order chi connectivity index (χ1) is 13.9. The van der Waals surface area contributed by atoms with E-state index >= 15 is 0 Å². The molecule has 0 aliphatic carbocycles. The Morgan fingerprint density at radius 2 is 2.17 bits per heavy atom. The molecular weight excluding hydrogens is 407 g/mol. The molecule has 29 heavy (non-hydrogen) atoms. The van der Waals surface area contributed by atoms with Crippen LogP contribution in [0.5, 0.6) is 0 Å². The van der Waals surface area contributed by atoms with Crippen molar-refractivity contribution in [1.82, 2.24) is 19.9 Å². The predicted molar refractivity (Wildman–Crippen MR) is 100.0 cm³/mol. The van der Waals surface area contributed by atoms with E-state index in [0.29, 0.717) is 11.3 Å². The molecule has 1 fully saturated rings. The molecular formula is C18H20ClFN4O5. The van der Waals surface area contributed by atoms with Crippen LogP contribution < -0.4 is 0 Å². The summed E-state index contributed by atoms with van der Waals surface area (Å²) in [4.78, 5) is 13.2. The van der Waals surface area contributed by atoms with Crippen molar-refractivity contribution in [2.75, 3.05) is 13.7 Å². The number of aromatic nitrogens is 3. The predicted octanol–water partition coefficient (Wildman–Crippen LogP) is 0.275. The lowest BCUT2D eigenvalue weighted by molar-refractivity contribution is -0.240. The Morgan fingerprint density at radius 1 is 1.41 bits per heavy atom. The van der Waals surface area contributed by atoms with E-state index in [-0.39, 0.29) is 0 Å². The Labute approximate surface area is 170 Å². The molecule has 1 aliphatic rings. The molecule has 0 radical (unpaired) electrons. The SMILES string of the molecule is CN(C(=O)/C=C\Cl)[C@@H]1O[C@H](CO)[C@H](O)[C@H](n2cc(-c3cccc(F)c3)nn2)[C@H]1O. The Morgan fingerprint density at radius 3 is 2.83 bits per heavy atom. The standard InChI is InChI=1S/C18H20ClFN4O5/c1-23(14(26)5-6-19)18-17(28)15(16(27)13(9-25)29-18)24-8-12(21-22-24)10-3-2-4-11(20)7-10/h2-8,13,15-18,25,27-28H,9H2,1H3/b6-5-/t13-,15+,16+,17-,18-/m1/s1. The lowest BCUT2D eigenvalue weighted by Crippen LogP contribution is -2.61. The highest BCUT2D eigenvalue weighted by Gasteiger charge is 2.48. The molecule has 1 amide bonds. The first-order valence-electron chi connectivity index (χ1n) is 8.71. The molecule has 0 unspecified atom stereocenters. The number of likely N-dealkylation sites (N-methyl/N-ethyl adjacent to an activating group) is 1. The Hall–Kier alpha value is -2.37. The normalized spacial score (nSPS) is 27.3. The van der Waals surface area contributed by atoms with Gasteiger partial charge < -0.3 is 25.0 Å². The highest BCUT2D eigenvalue weighted by molar-refractivity contribution is 6.26. The maximum atomic E-state index is 13.5. The quantitative estimate of drug-likeness (QED) is 0.587. The molecule has 0 spiro atoms. The number of ether oxygens (including phenoxy) is 1. The maximum Gasteiger partial charge on any atom is 0.249 e. The molecule has 3 N–H and O–H groups in total. The van der Waals surface area contributed by atoms with Crippen molar-refractivity contribution in [2.24, 2.45) is 0 Å². The molecule has 1 aromatic carbocycles. The topological polar surface area (TPSA) is 121 Å². The van der Waals surface area contributed by atoms with Crippen LogP contribution in [0.4, 0.5) is 4.39 Å². The lowest BCUT2D eigenvalue weighted by atomic mass is 9.95. The summed E-state index contributed by atoms with van der Waals surface area (Å²) < 4.78 is 20.2. The summed E-state index contributed by atoms with van der Waals surface area (Å²) in [5.74, 6) is -0.994. The third-order valence-electron chi connectivity index (χ3n) is 4.74. The molecule has 5 atom stereocenters. The number of nitrogens with zero attached hydrogens (tertiary/aromatic N) is 4. The summed E-state index contributed by atoms with van der Waals surface area (Å²) in [7, 11) is 1.38. The minimum atomic E-state index is -1.41. The van der Waals surface area contributed by atoms with Gasteiger partial charge in [0.05, 0.1) is 12.8 Å². The Balaban J connectivity index is 1.93. The van der Waals surface area contributed by atoms with Crippen LogP contribution in [0.1, 0.15) is 6.04 Å². The van der Waals surface area contributed by atoms with Crippen molar-refractivity contribution in [2.45, 2.75) is 30.6 Å². The summed E-state index contributed by atoms with van der Waals surface area (Å²) in [6.07, 6.45) is -2.53. The van der Waals surface area contributed by atoms with Gasteiger partial charge >= 0.3 is 0 Å². The number of benzene rings is 1. The number of halogens is 2. The molecule has 9 nitrogen and oxygen atoms in total. The number of hydrogen-bond donors (Lipinski definition) is 3. The first-order valence-corrected chi connectivity index (χ1v) is 9.14. The number of aliphatic hydroxyl groups is 3. The average Bonchev–Trinajstić information content (AvgIpc) is 3.18. The first kappa shape index (κ1) is 21.3. The van der Waals surface area contributed by atoms with Gasteiger partial charge in [-0.3, -0.25) is 4.79 Å². The van der Waals surface area contributed by atoms with E-state index in [2.05, 4.69) is 10.3 Å². The number of hydrogen-bond acceptors (Lipinski definition) is 7. The van der Waals surface area contributed by atoms with Gasteiger partial charge in [-0.1, -0.05) is 28.9 Å². The number of carbonyl (C=O) groups excluding carboxylic acids is 1. The van der Waals surface area contributed by atoms with E-state index in [9.17, 15) is 24.5 Å². The van der Waals surface area contributed by atoms with Gasteiger partial charge in [0.25, 0.3) is 0 Å². The highest BCUT2D eigenvalue weighted by atomic mass is 35.5. The molecule has 11 heteroatoms. The monoisotopic (exact) mass is 426 g/mol. The van der Waals surface area contributed by atoms with E-state index in [1.165, 1.54) is 36.1 Å². The van der Waals surface area contributed by atoms with E-state index in [1.807, 2.05) is 0 Å². The minimum absolute atomic E-state index is 0.321. The highest BCUT2D eigenvalue weighted by Crippen LogP contribution is 2.32. The molecule has 1 saturated heterocycles. The van der Waals surface area contributed by atoms with Crippen LogP contribution in [0.15, 0.2) is 42.1 Å². The Kier molecular flexibility index (Phi) is 6.60. The van der Waals surface area contributed by atoms with Gasteiger partial charge in [0.2, 0.25) is 5.91 Å². The van der Waals surface area contributed by atoms with Crippen LogP contribution in [0.25, 0.3) is 11.3 Å². The molecule has 0 saturated carbocycles. The lowest BCUT2D eigenvalue weighted by Gasteiger charge is -2.44. The summed E-state index contributed by atoms with van der Waals surface area (Å²) in [6.45, 7) is -0.556. The summed E-state index contributed by atoms with van der Waals surface area (Å²) in [6, 6.07) is 4.63. The molecule has 156 valence electrons. The van der Waals surface area contributed by atoms with Crippen molar-refractivity contribution < 1.29 is 29.2 Å². The smallest absolute Gasteiger partial charge is 0.249 e. The largest absolute Gasteiger partial charge is 0.394 e. The number of rotatable bonds is 5. The number of amides is 1. The molecule has 1 aliphatic heterocycles. The third kappa shape index (κ3) is 4.31. The van der Waals surface area contributed by atoms with Gasteiger partial charge in [-0.15, -0.1) is 5.10 Å². The van der Waals surface area contributed by atoms with Crippen molar-refractivity contribution in [3.05, 3.63) is 47.9 Å². The van der Waals surface area contributed by atoms with Crippen LogP contribution in [0.2, 0.25) is 0 Å². The molecule has 3 rings (SSSR count). The fraction of sp³-hybridized carbons (Fsp3) is 0.389. The second-order valence-corrected chi connectivity index (χ2v) is 6.81. The van der Waals surface area contributed by atoms with Crippen LogP contribution in [-0.2, 0) is 9.53 Å². The van der Waals surface area contributed by atoms with Crippen molar-refractivity contribution in [3.63, 3.8) is 0 Å². The van der Waals surface area contributed by atoms with Gasteiger partial charge in [0, 0.05) is 24.2 Å². The van der Waals surface area contributed by atoms with E-state index < -0.39 is 48.9 Å². The van der Waals surface area contributed by atoms with Crippen LogP contribution >= 0.6 is 11.6 Å². The van der Waals surface area contributed by atoms with Gasteiger partial charge in [-0.05, 0) is 12.1 Å². The summed E-state index contributed by atoms with van der Waals surface area (Å²) in [5.41, 5.74) is 1.80. The fourth-order valence-corrected chi connectivity index (χ4v) is 3.32. The fourth-order valence-electron chi connectivity index (χ4n) is 3.21. The number of aliphatic hydroxyl groups excluding tert-OH is 3. The van der Waals surface area contributed by atoms with E-state index in [4.69, 9.17) is 16.3 Å². The number of carbonyl (C=O) groups is 1. The zero-order valence-electron chi connectivity index (χ0n) is 15.3. The Bertz CT molecular complexity index is 895. The van der Waals surface area contributed by atoms with E-state index in [0.717, 1.165) is 16.5 Å². The van der Waals surface area contributed by atoms with Crippen LogP contribution in [0.3, 0.4) is 0 Å². The third-order valence-corrected chi connectivity index (χ3v) is 4.86. The molecule has 1 aromatic heterocycles. The zero-order valence-corrected chi connectivity index (χ0v) is 16.1. The van der Waals surface area contributed by atoms with Gasteiger partial charge in [-0.25, -0.2) is 9.07 Å². The van der Waals surface area contributed by atoms with E-state index in [1.54, 1.807) is 6.07 Å². The van der Waals surface area contributed by atoms with Crippen LogP contribution in [0, 0.1) is 5.82 Å². The van der Waals surface area contributed by atoms with Crippen molar-refractivity contribution >= 4 is 17.5 Å². The molecule has 0 bridgehead atoms. The summed E-state index contributed by atoms with van der Waals surface area (Å²) in [5, 5.41) is 38.9. The van der Waals surface area contributed by atoms with Crippen molar-refractivity contribution in [1.29, 1.82) is 0 Å². The second kappa shape index (κ2) is 8.97. The van der Waals surface area contributed by atoms with Gasteiger partial charge in [0.15, 0.2) is 6.23 Å². The summed E-state index contributed by atoms with van der Waals surface area (Å²) >= 11 is 5.43. The van der Waals surface area contributed by atoms with Gasteiger partial charge in [-0.2, -0.15) is 0 Å². The second-order valence-electron chi connectivity index (χ2n) is 6.56. The maximum absolute atomic E-state index is 13.5. The zero-order chi connectivity index (χ0) is 21.1. The minimum Gasteiger partial charge on any atom is -0.394 e. The van der Waals surface area contributed by atoms with Gasteiger partial charge in [0.1, 0.15) is 35.9 Å². The molecule has 2 aromatic rings. The van der Waals surface area contributed by atoms with Crippen molar-refractivity contribution in [3.8, 4) is 11.3 Å².